The first-order valence-corrected chi connectivity index (χ1v) is 5.06. The summed E-state index contributed by atoms with van der Waals surface area (Å²) < 4.78 is 0. The highest BCUT2D eigenvalue weighted by Gasteiger charge is 1.95. The van der Waals surface area contributed by atoms with Crippen molar-refractivity contribution in [2.75, 3.05) is 0 Å². The maximum absolute atomic E-state index is 5.51. The Morgan fingerprint density at radius 3 is 2.23 bits per heavy atom. The molecule has 0 aliphatic rings. The molecule has 2 N–H and O–H groups in total. The lowest BCUT2D eigenvalue weighted by Gasteiger charge is -2.04. The predicted molar refractivity (Wildman–Crippen MR) is 59.8 cm³/mol. The highest BCUT2D eigenvalue weighted by Crippen LogP contribution is 2.10. The molecular formula is C12H21N. The Morgan fingerprint density at radius 1 is 1.23 bits per heavy atom. The van der Waals surface area contributed by atoms with Gasteiger partial charge in [-0.3, -0.25) is 0 Å². The molecule has 0 aliphatic carbocycles. The van der Waals surface area contributed by atoms with Crippen molar-refractivity contribution in [2.24, 2.45) is 5.73 Å². The monoisotopic (exact) mass is 179 g/mol. The first-order chi connectivity index (χ1) is 6.27. The number of hydrogen-bond donors (Lipinski definition) is 1. The molecule has 1 nitrogen and oxygen atoms in total. The van der Waals surface area contributed by atoms with Crippen molar-refractivity contribution in [2.45, 2.75) is 40.7 Å². The van der Waals surface area contributed by atoms with Crippen molar-refractivity contribution in [1.29, 1.82) is 0 Å². The van der Waals surface area contributed by atoms with Gasteiger partial charge in [0.05, 0.1) is 0 Å². The molecule has 0 fully saturated rings. The molecule has 0 spiro atoms. The van der Waals surface area contributed by atoms with E-state index in [1.165, 1.54) is 16.7 Å². The molecule has 0 saturated heterocycles. The molecule has 0 atom stereocenters. The molecule has 1 rings (SSSR count). The van der Waals surface area contributed by atoms with Crippen LogP contribution in [0.5, 0.6) is 0 Å². The fraction of sp³-hybridized carbons (Fsp3) is 0.500. The molecule has 0 aromatic heterocycles. The van der Waals surface area contributed by atoms with Gasteiger partial charge in [0, 0.05) is 6.54 Å². The van der Waals surface area contributed by atoms with Crippen molar-refractivity contribution in [1.82, 2.24) is 0 Å². The van der Waals surface area contributed by atoms with Crippen molar-refractivity contribution in [3.05, 3.63) is 34.9 Å². The topological polar surface area (TPSA) is 26.0 Å². The second kappa shape index (κ2) is 6.67. The molecule has 74 valence electrons. The lowest BCUT2D eigenvalue weighted by Crippen LogP contribution is -1.97. The molecule has 0 aliphatic heterocycles. The SMILES string of the molecule is CC.CCc1ccc(CN)cc1C. The zero-order valence-electron chi connectivity index (χ0n) is 9.22. The van der Waals surface area contributed by atoms with E-state index in [2.05, 4.69) is 32.0 Å². The van der Waals surface area contributed by atoms with Gasteiger partial charge >= 0.3 is 0 Å². The van der Waals surface area contributed by atoms with Gasteiger partial charge in [-0.15, -0.1) is 0 Å². The Hall–Kier alpha value is -0.820. The van der Waals surface area contributed by atoms with Gasteiger partial charge in [0.1, 0.15) is 0 Å². The lowest BCUT2D eigenvalue weighted by atomic mass is 10.0. The first-order valence-electron chi connectivity index (χ1n) is 5.06. The Morgan fingerprint density at radius 2 is 1.85 bits per heavy atom. The maximum Gasteiger partial charge on any atom is 0.0178 e. The van der Waals surface area contributed by atoms with Gasteiger partial charge in [-0.1, -0.05) is 39.0 Å². The highest BCUT2D eigenvalue weighted by molar-refractivity contribution is 5.30. The summed E-state index contributed by atoms with van der Waals surface area (Å²) in [5, 5.41) is 0. The van der Waals surface area contributed by atoms with Crippen LogP contribution < -0.4 is 5.73 Å². The van der Waals surface area contributed by atoms with E-state index in [-0.39, 0.29) is 0 Å². The van der Waals surface area contributed by atoms with Crippen LogP contribution in [0.1, 0.15) is 37.5 Å². The van der Waals surface area contributed by atoms with Gasteiger partial charge in [-0.25, -0.2) is 0 Å². The van der Waals surface area contributed by atoms with Crippen LogP contribution in [0.4, 0.5) is 0 Å². The first kappa shape index (κ1) is 12.2. The molecule has 1 heteroatoms. The van der Waals surface area contributed by atoms with Crippen LogP contribution in [-0.4, -0.2) is 0 Å². The second-order valence-electron chi connectivity index (χ2n) is 2.82. The molecule has 13 heavy (non-hydrogen) atoms. The van der Waals surface area contributed by atoms with E-state index in [9.17, 15) is 0 Å². The quantitative estimate of drug-likeness (QED) is 0.742. The van der Waals surface area contributed by atoms with Gasteiger partial charge in [0.15, 0.2) is 0 Å². The van der Waals surface area contributed by atoms with Gasteiger partial charge < -0.3 is 5.73 Å². The fourth-order valence-electron chi connectivity index (χ4n) is 1.28. The van der Waals surface area contributed by atoms with E-state index in [1.54, 1.807) is 0 Å². The molecule has 0 radical (unpaired) electrons. The number of hydrogen-bond acceptors (Lipinski definition) is 1. The smallest absolute Gasteiger partial charge is 0.0178 e. The van der Waals surface area contributed by atoms with E-state index in [0.717, 1.165) is 6.42 Å². The Balaban J connectivity index is 0.000000671. The molecule has 0 bridgehead atoms. The molecule has 0 amide bonds. The van der Waals surface area contributed by atoms with E-state index >= 15 is 0 Å². The summed E-state index contributed by atoms with van der Waals surface area (Å²) in [4.78, 5) is 0. The van der Waals surface area contributed by atoms with Crippen molar-refractivity contribution < 1.29 is 0 Å². The summed E-state index contributed by atoms with van der Waals surface area (Å²) in [6, 6.07) is 6.43. The summed E-state index contributed by atoms with van der Waals surface area (Å²) in [6.07, 6.45) is 1.11. The average molecular weight is 179 g/mol. The Kier molecular flexibility index (Phi) is 6.25. The zero-order chi connectivity index (χ0) is 10.3. The van der Waals surface area contributed by atoms with Crippen LogP contribution in [0.3, 0.4) is 0 Å². The Labute approximate surface area is 82.0 Å². The summed E-state index contributed by atoms with van der Waals surface area (Å²) in [5.41, 5.74) is 9.51. The zero-order valence-corrected chi connectivity index (χ0v) is 9.22. The predicted octanol–water partition coefficient (Wildman–Crippen LogP) is 3.04. The summed E-state index contributed by atoms with van der Waals surface area (Å²) in [5.74, 6) is 0. The molecule has 0 heterocycles. The van der Waals surface area contributed by atoms with Crippen LogP contribution in [-0.2, 0) is 13.0 Å². The largest absolute Gasteiger partial charge is 0.326 e. The van der Waals surface area contributed by atoms with E-state index in [0.29, 0.717) is 6.54 Å². The number of aryl methyl sites for hydroxylation is 2. The minimum absolute atomic E-state index is 0.644. The molecule has 1 aromatic carbocycles. The molecular weight excluding hydrogens is 158 g/mol. The van der Waals surface area contributed by atoms with Gasteiger partial charge in [0.2, 0.25) is 0 Å². The van der Waals surface area contributed by atoms with Gasteiger partial charge in [-0.05, 0) is 30.0 Å². The fourth-order valence-corrected chi connectivity index (χ4v) is 1.28. The van der Waals surface area contributed by atoms with E-state index in [4.69, 9.17) is 5.73 Å². The van der Waals surface area contributed by atoms with Gasteiger partial charge in [0.25, 0.3) is 0 Å². The number of nitrogens with two attached hydrogens (primary N) is 1. The lowest BCUT2D eigenvalue weighted by molar-refractivity contribution is 1.04. The summed E-state index contributed by atoms with van der Waals surface area (Å²) in [7, 11) is 0. The number of benzene rings is 1. The summed E-state index contributed by atoms with van der Waals surface area (Å²) >= 11 is 0. The summed E-state index contributed by atoms with van der Waals surface area (Å²) in [6.45, 7) is 8.95. The van der Waals surface area contributed by atoms with Crippen molar-refractivity contribution in [3.8, 4) is 0 Å². The normalized spacial score (nSPS) is 9.00. The third kappa shape index (κ3) is 3.60. The minimum Gasteiger partial charge on any atom is -0.326 e. The van der Waals surface area contributed by atoms with Crippen LogP contribution in [0, 0.1) is 6.92 Å². The third-order valence-corrected chi connectivity index (χ3v) is 2.02. The highest BCUT2D eigenvalue weighted by atomic mass is 14.5. The Bertz CT molecular complexity index is 241. The van der Waals surface area contributed by atoms with E-state index < -0.39 is 0 Å². The second-order valence-corrected chi connectivity index (χ2v) is 2.82. The standard InChI is InChI=1S/C10H15N.C2H6/c1-3-10-5-4-9(7-11)6-8(10)2;1-2/h4-6H,3,7,11H2,1-2H3;1-2H3. The third-order valence-electron chi connectivity index (χ3n) is 2.02. The van der Waals surface area contributed by atoms with Crippen LogP contribution in [0.2, 0.25) is 0 Å². The average Bonchev–Trinajstić information content (AvgIpc) is 2.20. The molecule has 1 aromatic rings. The van der Waals surface area contributed by atoms with E-state index in [1.807, 2.05) is 13.8 Å². The van der Waals surface area contributed by atoms with Crippen LogP contribution in [0.25, 0.3) is 0 Å². The molecule has 0 saturated carbocycles. The van der Waals surface area contributed by atoms with Crippen LogP contribution >= 0.6 is 0 Å². The van der Waals surface area contributed by atoms with Gasteiger partial charge in [-0.2, -0.15) is 0 Å². The van der Waals surface area contributed by atoms with Crippen molar-refractivity contribution in [3.63, 3.8) is 0 Å². The minimum atomic E-state index is 0.644. The maximum atomic E-state index is 5.51. The van der Waals surface area contributed by atoms with Crippen molar-refractivity contribution >= 4 is 0 Å². The molecule has 0 unspecified atom stereocenters. The number of rotatable bonds is 2. The van der Waals surface area contributed by atoms with Crippen LogP contribution in [0.15, 0.2) is 18.2 Å².